The number of hydrogen-bond acceptors (Lipinski definition) is 2. The maximum Gasteiger partial charge on any atom is 0.169 e. The third kappa shape index (κ3) is 0.866. The van der Waals surface area contributed by atoms with Crippen LogP contribution in [0.5, 0.6) is 5.75 Å². The first-order chi connectivity index (χ1) is 4.97. The fourth-order valence-corrected chi connectivity index (χ4v) is 0.988. The van der Waals surface area contributed by atoms with Crippen LogP contribution in [0.2, 0.25) is 0 Å². The summed E-state index contributed by atoms with van der Waals surface area (Å²) in [6.45, 7) is 0.650. The quantitative estimate of drug-likeness (QED) is 0.500. The van der Waals surface area contributed by atoms with Gasteiger partial charge in [-0.15, -0.1) is 0 Å². The topological polar surface area (TPSA) is 18.5 Å². The zero-order chi connectivity index (χ0) is 6.81. The van der Waals surface area contributed by atoms with Crippen LogP contribution in [0.25, 0.3) is 0 Å². The Labute approximate surface area is 59.3 Å². The number of benzene rings is 1. The minimum atomic E-state index is 0.650. The molecule has 1 aromatic carbocycles. The van der Waals surface area contributed by atoms with Crippen LogP contribution in [0.4, 0.5) is 0 Å². The highest BCUT2D eigenvalue weighted by atomic mass is 17.2. The summed E-state index contributed by atoms with van der Waals surface area (Å²) in [4.78, 5) is 9.67. The Kier molecular flexibility index (Phi) is 1.32. The highest BCUT2D eigenvalue weighted by Crippen LogP contribution is 2.21. The molecule has 1 aromatic rings. The van der Waals surface area contributed by atoms with E-state index in [1.54, 1.807) is 6.07 Å². The molecular formula is C8H7O2. The maximum absolute atomic E-state index is 4.89. The summed E-state index contributed by atoms with van der Waals surface area (Å²) in [6.07, 6.45) is 0.935. The maximum atomic E-state index is 4.89. The van der Waals surface area contributed by atoms with Gasteiger partial charge in [0.2, 0.25) is 0 Å². The minimum Gasteiger partial charge on any atom is -0.337 e. The monoisotopic (exact) mass is 135 g/mol. The summed E-state index contributed by atoms with van der Waals surface area (Å²) in [7, 11) is 0. The van der Waals surface area contributed by atoms with Gasteiger partial charge in [0.05, 0.1) is 6.61 Å². The second-order valence-corrected chi connectivity index (χ2v) is 2.19. The van der Waals surface area contributed by atoms with Gasteiger partial charge in [-0.05, 0) is 12.1 Å². The average molecular weight is 135 g/mol. The second-order valence-electron chi connectivity index (χ2n) is 2.19. The van der Waals surface area contributed by atoms with Crippen molar-refractivity contribution in [3.63, 3.8) is 0 Å². The summed E-state index contributed by atoms with van der Waals surface area (Å²) in [5.41, 5.74) is 1.20. The minimum absolute atomic E-state index is 0.650. The molecule has 1 radical (unpaired) electrons. The molecule has 1 heterocycles. The van der Waals surface area contributed by atoms with Crippen LogP contribution in [0, 0.1) is 6.07 Å². The highest BCUT2D eigenvalue weighted by molar-refractivity contribution is 5.32. The van der Waals surface area contributed by atoms with Crippen molar-refractivity contribution in [1.82, 2.24) is 0 Å². The van der Waals surface area contributed by atoms with Gasteiger partial charge in [0, 0.05) is 12.0 Å². The Morgan fingerprint density at radius 1 is 1.50 bits per heavy atom. The summed E-state index contributed by atoms with van der Waals surface area (Å²) in [6, 6.07) is 8.58. The fraction of sp³-hybridized carbons (Fsp3) is 0.250. The Bertz CT molecular complexity index is 207. The van der Waals surface area contributed by atoms with Gasteiger partial charge in [-0.3, -0.25) is 0 Å². The van der Waals surface area contributed by atoms with Crippen molar-refractivity contribution in [2.75, 3.05) is 6.61 Å². The molecule has 0 unspecified atom stereocenters. The van der Waals surface area contributed by atoms with Crippen molar-refractivity contribution in [3.05, 3.63) is 29.8 Å². The van der Waals surface area contributed by atoms with E-state index in [-0.39, 0.29) is 0 Å². The molecule has 0 spiro atoms. The normalized spacial score (nSPS) is 15.6. The van der Waals surface area contributed by atoms with Gasteiger partial charge in [0.15, 0.2) is 5.75 Å². The van der Waals surface area contributed by atoms with Crippen LogP contribution in [-0.2, 0) is 11.3 Å². The van der Waals surface area contributed by atoms with Crippen molar-refractivity contribution in [2.45, 2.75) is 6.42 Å². The Hall–Kier alpha value is -1.02. The number of hydrogen-bond donors (Lipinski definition) is 0. The van der Waals surface area contributed by atoms with Gasteiger partial charge in [-0.2, -0.15) is 4.89 Å². The number of fused-ring (bicyclic) bond motifs is 1. The molecule has 0 N–H and O–H groups in total. The number of rotatable bonds is 0. The van der Waals surface area contributed by atoms with Crippen molar-refractivity contribution in [2.24, 2.45) is 0 Å². The van der Waals surface area contributed by atoms with Crippen molar-refractivity contribution < 1.29 is 9.78 Å². The summed E-state index contributed by atoms with van der Waals surface area (Å²) in [5.74, 6) is 0.800. The lowest BCUT2D eigenvalue weighted by molar-refractivity contribution is -0.215. The highest BCUT2D eigenvalue weighted by Gasteiger charge is 2.08. The molecule has 2 heteroatoms. The molecule has 0 aliphatic carbocycles. The van der Waals surface area contributed by atoms with Crippen LogP contribution in [0.1, 0.15) is 5.56 Å². The molecular weight excluding hydrogens is 128 g/mol. The van der Waals surface area contributed by atoms with E-state index in [1.807, 2.05) is 12.1 Å². The van der Waals surface area contributed by atoms with Gasteiger partial charge in [0.25, 0.3) is 0 Å². The smallest absolute Gasteiger partial charge is 0.169 e. The zero-order valence-electron chi connectivity index (χ0n) is 5.46. The van der Waals surface area contributed by atoms with Crippen LogP contribution in [0.15, 0.2) is 18.2 Å². The summed E-state index contributed by atoms with van der Waals surface area (Å²) < 4.78 is 0. The van der Waals surface area contributed by atoms with Crippen molar-refractivity contribution in [3.8, 4) is 5.75 Å². The Morgan fingerprint density at radius 2 is 2.50 bits per heavy atom. The van der Waals surface area contributed by atoms with Crippen LogP contribution in [0.3, 0.4) is 0 Å². The molecule has 1 aliphatic rings. The first-order valence-electron chi connectivity index (χ1n) is 3.25. The van der Waals surface area contributed by atoms with Crippen molar-refractivity contribution in [1.29, 1.82) is 0 Å². The molecule has 0 saturated heterocycles. The van der Waals surface area contributed by atoms with Crippen LogP contribution in [-0.4, -0.2) is 6.61 Å². The Morgan fingerprint density at radius 3 is 3.40 bits per heavy atom. The lowest BCUT2D eigenvalue weighted by atomic mass is 10.1. The third-order valence-electron chi connectivity index (χ3n) is 1.52. The summed E-state index contributed by atoms with van der Waals surface area (Å²) in [5, 5.41) is 0. The van der Waals surface area contributed by atoms with E-state index in [9.17, 15) is 0 Å². The zero-order valence-corrected chi connectivity index (χ0v) is 5.46. The molecule has 2 nitrogen and oxygen atoms in total. The van der Waals surface area contributed by atoms with E-state index in [0.29, 0.717) is 6.61 Å². The van der Waals surface area contributed by atoms with Gasteiger partial charge < -0.3 is 4.89 Å². The first kappa shape index (κ1) is 5.74. The SMILES string of the molecule is [c]1ccc2c(c1)OOCC2. The molecule has 10 heavy (non-hydrogen) atoms. The van der Waals surface area contributed by atoms with Gasteiger partial charge in [-0.1, -0.05) is 12.1 Å². The van der Waals surface area contributed by atoms with E-state index >= 15 is 0 Å². The van der Waals surface area contributed by atoms with Gasteiger partial charge in [0.1, 0.15) is 0 Å². The molecule has 0 fully saturated rings. The predicted octanol–water partition coefficient (Wildman–Crippen LogP) is 1.35. The van der Waals surface area contributed by atoms with E-state index in [1.165, 1.54) is 5.56 Å². The Balaban J connectivity index is 2.41. The largest absolute Gasteiger partial charge is 0.337 e. The first-order valence-corrected chi connectivity index (χ1v) is 3.25. The molecule has 0 amide bonds. The molecule has 51 valence electrons. The molecule has 0 atom stereocenters. The van der Waals surface area contributed by atoms with Crippen LogP contribution >= 0.6 is 0 Å². The van der Waals surface area contributed by atoms with E-state index in [0.717, 1.165) is 12.2 Å². The second kappa shape index (κ2) is 2.31. The van der Waals surface area contributed by atoms with Crippen molar-refractivity contribution >= 4 is 0 Å². The fourth-order valence-electron chi connectivity index (χ4n) is 0.988. The van der Waals surface area contributed by atoms with E-state index < -0.39 is 0 Å². The van der Waals surface area contributed by atoms with Gasteiger partial charge in [-0.25, -0.2) is 0 Å². The molecule has 1 aliphatic heterocycles. The predicted molar refractivity (Wildman–Crippen MR) is 35.6 cm³/mol. The molecule has 0 saturated carbocycles. The third-order valence-corrected chi connectivity index (χ3v) is 1.52. The average Bonchev–Trinajstić information content (AvgIpc) is 2.05. The molecule has 0 aromatic heterocycles. The molecule has 0 bridgehead atoms. The van der Waals surface area contributed by atoms with Crippen LogP contribution < -0.4 is 4.89 Å². The lowest BCUT2D eigenvalue weighted by Crippen LogP contribution is -2.10. The molecule has 2 rings (SSSR count). The van der Waals surface area contributed by atoms with Gasteiger partial charge >= 0.3 is 0 Å². The summed E-state index contributed by atoms with van der Waals surface area (Å²) >= 11 is 0. The van der Waals surface area contributed by atoms with E-state index in [4.69, 9.17) is 9.78 Å². The van der Waals surface area contributed by atoms with E-state index in [2.05, 4.69) is 6.07 Å². The standard InChI is InChI=1S/C8H7O2/c1-2-4-8-7(3-1)5-6-9-10-8/h1,3-4H,5-6H2. The lowest BCUT2D eigenvalue weighted by Gasteiger charge is -2.13.